The third-order valence-electron chi connectivity index (χ3n) is 4.59. The molecule has 0 radical (unpaired) electrons. The summed E-state index contributed by atoms with van der Waals surface area (Å²) in [5.41, 5.74) is 2.29. The van der Waals surface area contributed by atoms with Crippen LogP contribution in [0.25, 0.3) is 0 Å². The number of nitrogens with one attached hydrogen (secondary N) is 1. The molecule has 0 aliphatic carbocycles. The van der Waals surface area contributed by atoms with Crippen LogP contribution in [0.5, 0.6) is 0 Å². The first kappa shape index (κ1) is 17.5. The van der Waals surface area contributed by atoms with Crippen molar-refractivity contribution in [1.82, 2.24) is 0 Å². The van der Waals surface area contributed by atoms with Gasteiger partial charge in [0.1, 0.15) is 5.70 Å². The highest BCUT2D eigenvalue weighted by molar-refractivity contribution is 6.11. The lowest BCUT2D eigenvalue weighted by atomic mass is 10.0. The Morgan fingerprint density at radius 1 is 0.857 bits per heavy atom. The molecule has 1 N–H and O–H groups in total. The second-order valence-corrected chi connectivity index (χ2v) is 6.34. The minimum absolute atomic E-state index is 0.0153. The molecule has 0 bridgehead atoms. The predicted molar refractivity (Wildman–Crippen MR) is 108 cm³/mol. The van der Waals surface area contributed by atoms with Crippen LogP contribution in [0.4, 0.5) is 17.1 Å². The maximum Gasteiger partial charge on any atom is 0.275 e. The number of rotatable bonds is 5. The summed E-state index contributed by atoms with van der Waals surface area (Å²) >= 11 is 0. The summed E-state index contributed by atoms with van der Waals surface area (Å²) in [5.74, 6) is -0.238. The van der Waals surface area contributed by atoms with E-state index in [0.29, 0.717) is 16.9 Å². The fraction of sp³-hybridized carbons (Fsp3) is 0.0455. The van der Waals surface area contributed by atoms with Gasteiger partial charge < -0.3 is 5.32 Å². The number of hydrogen-bond acceptors (Lipinski definition) is 4. The SMILES string of the molecule is O=C1C(Nc2ccccc2)=C[C@H](c2ccccc2[N+](=O)[O-])N1c1ccccc1. The molecule has 1 aliphatic heterocycles. The number of anilines is 2. The molecule has 0 spiro atoms. The van der Waals surface area contributed by atoms with Crippen molar-refractivity contribution < 1.29 is 9.72 Å². The van der Waals surface area contributed by atoms with E-state index in [9.17, 15) is 14.9 Å². The third kappa shape index (κ3) is 3.23. The number of benzene rings is 3. The van der Waals surface area contributed by atoms with E-state index < -0.39 is 11.0 Å². The maximum atomic E-state index is 13.2. The number of amides is 1. The van der Waals surface area contributed by atoms with E-state index in [1.165, 1.54) is 6.07 Å². The molecule has 1 amide bonds. The Morgan fingerprint density at radius 2 is 1.46 bits per heavy atom. The Balaban J connectivity index is 1.80. The summed E-state index contributed by atoms with van der Waals surface area (Å²) in [6, 6.07) is 24.5. The quantitative estimate of drug-likeness (QED) is 0.522. The molecular weight excluding hydrogens is 354 g/mol. The van der Waals surface area contributed by atoms with Gasteiger partial charge in [-0.15, -0.1) is 0 Å². The molecule has 138 valence electrons. The van der Waals surface area contributed by atoms with Crippen LogP contribution in [-0.4, -0.2) is 10.8 Å². The summed E-state index contributed by atoms with van der Waals surface area (Å²) in [7, 11) is 0. The smallest absolute Gasteiger partial charge is 0.275 e. The molecule has 3 aromatic carbocycles. The monoisotopic (exact) mass is 371 g/mol. The van der Waals surface area contributed by atoms with Crippen LogP contribution in [0.3, 0.4) is 0 Å². The number of carbonyl (C=O) groups excluding carboxylic acids is 1. The maximum absolute atomic E-state index is 13.2. The van der Waals surface area contributed by atoms with Gasteiger partial charge in [0.05, 0.1) is 16.5 Å². The largest absolute Gasteiger partial charge is 0.351 e. The molecule has 28 heavy (non-hydrogen) atoms. The average Bonchev–Trinajstić information content (AvgIpc) is 3.05. The van der Waals surface area contributed by atoms with Gasteiger partial charge in [-0.2, -0.15) is 0 Å². The minimum Gasteiger partial charge on any atom is -0.351 e. The molecule has 4 rings (SSSR count). The lowest BCUT2D eigenvalue weighted by Crippen LogP contribution is -2.31. The van der Waals surface area contributed by atoms with Crippen molar-refractivity contribution >= 4 is 23.0 Å². The van der Waals surface area contributed by atoms with Crippen molar-refractivity contribution in [3.8, 4) is 0 Å². The highest BCUT2D eigenvalue weighted by atomic mass is 16.6. The summed E-state index contributed by atoms with van der Waals surface area (Å²) in [5, 5.41) is 14.7. The van der Waals surface area contributed by atoms with E-state index in [2.05, 4.69) is 5.32 Å². The van der Waals surface area contributed by atoms with Crippen LogP contribution in [0.15, 0.2) is 96.7 Å². The van der Waals surface area contributed by atoms with Crippen LogP contribution in [0.1, 0.15) is 11.6 Å². The Labute approximate surface area is 161 Å². The normalized spacial score (nSPS) is 16.0. The van der Waals surface area contributed by atoms with Gasteiger partial charge in [-0.3, -0.25) is 19.8 Å². The van der Waals surface area contributed by atoms with Gasteiger partial charge in [-0.1, -0.05) is 48.5 Å². The first-order valence-corrected chi connectivity index (χ1v) is 8.81. The highest BCUT2D eigenvalue weighted by Gasteiger charge is 2.37. The Bertz CT molecular complexity index is 1050. The molecule has 1 heterocycles. The molecule has 1 atom stereocenters. The molecule has 0 saturated carbocycles. The number of carbonyl (C=O) groups is 1. The van der Waals surface area contributed by atoms with Crippen molar-refractivity contribution in [2.75, 3.05) is 10.2 Å². The number of nitrogens with zero attached hydrogens (tertiary/aromatic N) is 2. The number of hydrogen-bond donors (Lipinski definition) is 1. The topological polar surface area (TPSA) is 75.5 Å². The second-order valence-electron chi connectivity index (χ2n) is 6.34. The van der Waals surface area contributed by atoms with Gasteiger partial charge in [-0.25, -0.2) is 0 Å². The van der Waals surface area contributed by atoms with E-state index in [-0.39, 0.29) is 11.6 Å². The minimum atomic E-state index is -0.581. The van der Waals surface area contributed by atoms with E-state index in [1.807, 2.05) is 60.7 Å². The molecule has 0 aromatic heterocycles. The van der Waals surface area contributed by atoms with Crippen molar-refractivity contribution in [2.24, 2.45) is 0 Å². The van der Waals surface area contributed by atoms with Crippen LogP contribution in [0, 0.1) is 10.1 Å². The fourth-order valence-electron chi connectivity index (χ4n) is 3.33. The number of nitro benzene ring substituents is 1. The van der Waals surface area contributed by atoms with E-state index in [0.717, 1.165) is 5.69 Å². The van der Waals surface area contributed by atoms with Gasteiger partial charge in [0.15, 0.2) is 0 Å². The first-order chi connectivity index (χ1) is 13.6. The van der Waals surface area contributed by atoms with Crippen molar-refractivity contribution in [3.05, 3.63) is 112 Å². The van der Waals surface area contributed by atoms with Crippen LogP contribution < -0.4 is 10.2 Å². The van der Waals surface area contributed by atoms with Crippen molar-refractivity contribution in [1.29, 1.82) is 0 Å². The summed E-state index contributed by atoms with van der Waals surface area (Å²) in [6.45, 7) is 0. The van der Waals surface area contributed by atoms with Crippen LogP contribution in [0.2, 0.25) is 0 Å². The van der Waals surface area contributed by atoms with Crippen molar-refractivity contribution in [2.45, 2.75) is 6.04 Å². The Hall–Kier alpha value is -3.93. The third-order valence-corrected chi connectivity index (χ3v) is 4.59. The van der Waals surface area contributed by atoms with Gasteiger partial charge >= 0.3 is 0 Å². The molecule has 6 heteroatoms. The highest BCUT2D eigenvalue weighted by Crippen LogP contribution is 2.39. The molecule has 0 fully saturated rings. The lowest BCUT2D eigenvalue weighted by Gasteiger charge is -2.25. The second kappa shape index (κ2) is 7.36. The summed E-state index contributed by atoms with van der Waals surface area (Å²) < 4.78 is 0. The van der Waals surface area contributed by atoms with Crippen molar-refractivity contribution in [3.63, 3.8) is 0 Å². The van der Waals surface area contributed by atoms with Gasteiger partial charge in [0.25, 0.3) is 11.6 Å². The first-order valence-electron chi connectivity index (χ1n) is 8.81. The average molecular weight is 371 g/mol. The number of nitro groups is 1. The standard InChI is InChI=1S/C22H17N3O3/c26-22-19(23-16-9-3-1-4-10-16)15-21(24(22)17-11-5-2-6-12-17)18-13-7-8-14-20(18)25(27)28/h1-15,21,23H/t21-/m1/s1. The lowest BCUT2D eigenvalue weighted by molar-refractivity contribution is -0.385. The van der Waals surface area contributed by atoms with Crippen LogP contribution in [-0.2, 0) is 4.79 Å². The Morgan fingerprint density at radius 3 is 2.14 bits per heavy atom. The van der Waals surface area contributed by atoms with E-state index >= 15 is 0 Å². The van der Waals surface area contributed by atoms with E-state index in [4.69, 9.17) is 0 Å². The molecule has 0 unspecified atom stereocenters. The number of para-hydroxylation sites is 3. The predicted octanol–water partition coefficient (Wildman–Crippen LogP) is 4.68. The zero-order chi connectivity index (χ0) is 19.5. The summed E-state index contributed by atoms with van der Waals surface area (Å²) in [6.07, 6.45) is 1.74. The van der Waals surface area contributed by atoms with Gasteiger partial charge in [-0.05, 0) is 36.4 Å². The molecule has 0 saturated heterocycles. The molecule has 1 aliphatic rings. The zero-order valence-corrected chi connectivity index (χ0v) is 14.9. The van der Waals surface area contributed by atoms with E-state index in [1.54, 1.807) is 29.2 Å². The molecular formula is C22H17N3O3. The Kier molecular flexibility index (Phi) is 4.60. The van der Waals surface area contributed by atoms with Gasteiger partial charge in [0.2, 0.25) is 0 Å². The molecule has 6 nitrogen and oxygen atoms in total. The van der Waals surface area contributed by atoms with Gasteiger partial charge in [0, 0.05) is 17.4 Å². The summed E-state index contributed by atoms with van der Waals surface area (Å²) in [4.78, 5) is 25.9. The fourth-order valence-corrected chi connectivity index (χ4v) is 3.33. The van der Waals surface area contributed by atoms with Crippen LogP contribution >= 0.6 is 0 Å². The molecule has 3 aromatic rings. The zero-order valence-electron chi connectivity index (χ0n) is 14.9.